The van der Waals surface area contributed by atoms with Crippen molar-refractivity contribution in [3.05, 3.63) is 83.2 Å². The van der Waals surface area contributed by atoms with Gasteiger partial charge in [-0.15, -0.1) is 10.2 Å². The van der Waals surface area contributed by atoms with Gasteiger partial charge in [0.05, 0.1) is 5.69 Å². The first-order valence-corrected chi connectivity index (χ1v) is 9.45. The van der Waals surface area contributed by atoms with E-state index in [2.05, 4.69) is 41.5 Å². The van der Waals surface area contributed by atoms with Crippen molar-refractivity contribution in [2.45, 2.75) is 26.7 Å². The molecule has 29 heavy (non-hydrogen) atoms. The second kappa shape index (κ2) is 7.47. The Labute approximate surface area is 168 Å². The summed E-state index contributed by atoms with van der Waals surface area (Å²) in [5.41, 5.74) is 5.26. The lowest BCUT2D eigenvalue weighted by molar-refractivity contribution is 0.102. The van der Waals surface area contributed by atoms with E-state index >= 15 is 0 Å². The molecular formula is C23H21FN4O. The van der Waals surface area contributed by atoms with Gasteiger partial charge in [0.2, 0.25) is 0 Å². The molecule has 5 nitrogen and oxygen atoms in total. The number of rotatable bonds is 4. The van der Waals surface area contributed by atoms with Crippen molar-refractivity contribution in [1.29, 1.82) is 0 Å². The van der Waals surface area contributed by atoms with Crippen molar-refractivity contribution in [1.82, 2.24) is 15.0 Å². The Hall–Kier alpha value is -3.54. The fraction of sp³-hybridized carbons (Fsp3) is 0.174. The highest BCUT2D eigenvalue weighted by molar-refractivity contribution is 6.05. The fourth-order valence-corrected chi connectivity index (χ4v) is 3.13. The number of amides is 1. The number of nitrogens with zero attached hydrogens (tertiary/aromatic N) is 3. The first-order chi connectivity index (χ1) is 13.9. The second-order valence-electron chi connectivity index (χ2n) is 7.36. The van der Waals surface area contributed by atoms with Gasteiger partial charge in [0.15, 0.2) is 0 Å². The number of fused-ring (bicyclic) bond motifs is 1. The van der Waals surface area contributed by atoms with Crippen LogP contribution in [-0.4, -0.2) is 20.9 Å². The summed E-state index contributed by atoms with van der Waals surface area (Å²) in [6, 6.07) is 17.4. The average molecular weight is 388 g/mol. The molecule has 0 bridgehead atoms. The van der Waals surface area contributed by atoms with E-state index in [9.17, 15) is 9.18 Å². The van der Waals surface area contributed by atoms with E-state index in [0.717, 1.165) is 16.8 Å². The molecule has 4 rings (SSSR count). The molecule has 4 aromatic rings. The minimum atomic E-state index is -0.448. The van der Waals surface area contributed by atoms with Crippen molar-refractivity contribution in [3.63, 3.8) is 0 Å². The van der Waals surface area contributed by atoms with Gasteiger partial charge < -0.3 is 5.32 Å². The number of aryl methyl sites for hydroxylation is 1. The molecule has 0 aliphatic heterocycles. The third-order valence-electron chi connectivity index (χ3n) is 4.85. The van der Waals surface area contributed by atoms with Crippen molar-refractivity contribution in [2.75, 3.05) is 5.32 Å². The average Bonchev–Trinajstić information content (AvgIpc) is 3.11. The quantitative estimate of drug-likeness (QED) is 0.520. The SMILES string of the molecule is Cc1cc2nn(-c3ccc(C(C)C)cc3)nc2cc1NC(=O)c1cccc(F)c1. The van der Waals surface area contributed by atoms with Crippen LogP contribution in [0.4, 0.5) is 10.1 Å². The standard InChI is InChI=1S/C23H21FN4O/c1-14(2)16-7-9-19(10-8-16)28-26-21-11-15(3)20(13-22(21)27-28)25-23(29)17-5-4-6-18(24)12-17/h4-14H,1-3H3,(H,25,29). The van der Waals surface area contributed by atoms with Crippen LogP contribution in [0.25, 0.3) is 16.7 Å². The Morgan fingerprint density at radius 1 is 1.00 bits per heavy atom. The number of hydrogen-bond acceptors (Lipinski definition) is 3. The summed E-state index contributed by atoms with van der Waals surface area (Å²) in [4.78, 5) is 14.0. The van der Waals surface area contributed by atoms with Crippen LogP contribution in [0.3, 0.4) is 0 Å². The highest BCUT2D eigenvalue weighted by Crippen LogP contribution is 2.23. The van der Waals surface area contributed by atoms with Crippen LogP contribution in [0.2, 0.25) is 0 Å². The summed E-state index contributed by atoms with van der Waals surface area (Å²) in [6.45, 7) is 6.19. The Morgan fingerprint density at radius 2 is 1.69 bits per heavy atom. The van der Waals surface area contributed by atoms with Crippen LogP contribution in [0.1, 0.15) is 41.3 Å². The van der Waals surface area contributed by atoms with E-state index in [1.165, 1.54) is 23.8 Å². The molecule has 3 aromatic carbocycles. The van der Waals surface area contributed by atoms with Crippen LogP contribution in [-0.2, 0) is 0 Å². The first kappa shape index (κ1) is 18.8. The summed E-state index contributed by atoms with van der Waals surface area (Å²) < 4.78 is 13.4. The lowest BCUT2D eigenvalue weighted by Crippen LogP contribution is -2.12. The normalized spacial score (nSPS) is 11.2. The molecule has 1 aromatic heterocycles. The summed E-state index contributed by atoms with van der Waals surface area (Å²) >= 11 is 0. The molecule has 0 saturated carbocycles. The Kier molecular flexibility index (Phi) is 4.84. The molecule has 0 saturated heterocycles. The van der Waals surface area contributed by atoms with Gasteiger partial charge in [-0.2, -0.15) is 4.80 Å². The van der Waals surface area contributed by atoms with Gasteiger partial charge in [-0.3, -0.25) is 4.79 Å². The molecule has 0 radical (unpaired) electrons. The number of anilines is 1. The number of nitrogens with one attached hydrogen (secondary N) is 1. The molecule has 146 valence electrons. The molecule has 0 unspecified atom stereocenters. The molecule has 0 atom stereocenters. The van der Waals surface area contributed by atoms with Gasteiger partial charge in [0.25, 0.3) is 5.91 Å². The fourth-order valence-electron chi connectivity index (χ4n) is 3.13. The molecule has 0 spiro atoms. The predicted octanol–water partition coefficient (Wildman–Crippen LogP) is 5.24. The lowest BCUT2D eigenvalue weighted by Gasteiger charge is -2.08. The van der Waals surface area contributed by atoms with E-state index in [4.69, 9.17) is 0 Å². The van der Waals surface area contributed by atoms with Gasteiger partial charge >= 0.3 is 0 Å². The molecule has 0 aliphatic carbocycles. The van der Waals surface area contributed by atoms with Crippen LogP contribution >= 0.6 is 0 Å². The zero-order valence-corrected chi connectivity index (χ0v) is 16.5. The summed E-state index contributed by atoms with van der Waals surface area (Å²) in [5.74, 6) is -0.361. The third-order valence-corrected chi connectivity index (χ3v) is 4.85. The van der Waals surface area contributed by atoms with E-state index in [-0.39, 0.29) is 11.5 Å². The molecule has 0 fully saturated rings. The minimum absolute atomic E-state index is 0.262. The number of carbonyl (C=O) groups excluding carboxylic acids is 1. The van der Waals surface area contributed by atoms with E-state index in [0.29, 0.717) is 17.1 Å². The van der Waals surface area contributed by atoms with E-state index in [1.807, 2.05) is 25.1 Å². The largest absolute Gasteiger partial charge is 0.322 e. The highest BCUT2D eigenvalue weighted by atomic mass is 19.1. The highest BCUT2D eigenvalue weighted by Gasteiger charge is 2.12. The minimum Gasteiger partial charge on any atom is -0.322 e. The maximum absolute atomic E-state index is 13.4. The maximum atomic E-state index is 13.4. The first-order valence-electron chi connectivity index (χ1n) is 9.45. The van der Waals surface area contributed by atoms with Crippen molar-refractivity contribution < 1.29 is 9.18 Å². The molecular weight excluding hydrogens is 367 g/mol. The van der Waals surface area contributed by atoms with E-state index in [1.54, 1.807) is 16.9 Å². The Bertz CT molecular complexity index is 1200. The van der Waals surface area contributed by atoms with Crippen molar-refractivity contribution in [3.8, 4) is 5.69 Å². The number of carbonyl (C=O) groups is 1. The number of aromatic nitrogens is 3. The Balaban J connectivity index is 1.64. The molecule has 1 N–H and O–H groups in total. The van der Waals surface area contributed by atoms with Gasteiger partial charge in [-0.1, -0.05) is 32.0 Å². The maximum Gasteiger partial charge on any atom is 0.255 e. The third kappa shape index (κ3) is 3.87. The second-order valence-corrected chi connectivity index (χ2v) is 7.36. The van der Waals surface area contributed by atoms with Crippen LogP contribution < -0.4 is 5.32 Å². The zero-order chi connectivity index (χ0) is 20.5. The topological polar surface area (TPSA) is 59.8 Å². The molecule has 6 heteroatoms. The monoisotopic (exact) mass is 388 g/mol. The van der Waals surface area contributed by atoms with Crippen LogP contribution in [0.15, 0.2) is 60.7 Å². The summed E-state index contributed by atoms with van der Waals surface area (Å²) in [5, 5.41) is 11.9. The zero-order valence-electron chi connectivity index (χ0n) is 16.5. The summed E-state index contributed by atoms with van der Waals surface area (Å²) in [6.07, 6.45) is 0. The number of halogens is 1. The van der Waals surface area contributed by atoms with Crippen molar-refractivity contribution in [2.24, 2.45) is 0 Å². The van der Waals surface area contributed by atoms with Gasteiger partial charge in [0.1, 0.15) is 16.9 Å². The van der Waals surface area contributed by atoms with Crippen molar-refractivity contribution >= 4 is 22.6 Å². The van der Waals surface area contributed by atoms with Crippen LogP contribution in [0, 0.1) is 12.7 Å². The van der Waals surface area contributed by atoms with Gasteiger partial charge in [-0.25, -0.2) is 4.39 Å². The summed E-state index contributed by atoms with van der Waals surface area (Å²) in [7, 11) is 0. The number of benzene rings is 3. The Morgan fingerprint density at radius 3 is 2.34 bits per heavy atom. The smallest absolute Gasteiger partial charge is 0.255 e. The molecule has 0 aliphatic rings. The van der Waals surface area contributed by atoms with Gasteiger partial charge in [-0.05, 0) is 66.4 Å². The lowest BCUT2D eigenvalue weighted by atomic mass is 10.0. The van der Waals surface area contributed by atoms with E-state index < -0.39 is 5.82 Å². The number of hydrogen-bond donors (Lipinski definition) is 1. The molecule has 1 heterocycles. The van der Waals surface area contributed by atoms with Gasteiger partial charge in [0, 0.05) is 11.3 Å². The predicted molar refractivity (Wildman–Crippen MR) is 112 cm³/mol. The molecule has 1 amide bonds. The van der Waals surface area contributed by atoms with Crippen LogP contribution in [0.5, 0.6) is 0 Å².